The third-order valence-corrected chi connectivity index (χ3v) is 3.76. The van der Waals surface area contributed by atoms with Crippen LogP contribution in [0.4, 0.5) is 9.59 Å². The molecule has 128 valence electrons. The predicted molar refractivity (Wildman–Crippen MR) is 92.5 cm³/mol. The van der Waals surface area contributed by atoms with Gasteiger partial charge < -0.3 is 14.6 Å². The fourth-order valence-corrected chi connectivity index (χ4v) is 2.77. The first kappa shape index (κ1) is 16.6. The van der Waals surface area contributed by atoms with Crippen molar-refractivity contribution in [2.75, 3.05) is 0 Å². The summed E-state index contributed by atoms with van der Waals surface area (Å²) < 4.78 is 11.4. The number of nitrogens with zero attached hydrogens (tertiary/aromatic N) is 1. The Morgan fingerprint density at radius 3 is 2.24 bits per heavy atom. The number of carbonyl (C=O) groups is 2. The molecule has 0 unspecified atom stereocenters. The molecule has 3 rings (SSSR count). The first-order valence-electron chi connectivity index (χ1n) is 7.80. The summed E-state index contributed by atoms with van der Waals surface area (Å²) in [6, 6.07) is 15.5. The second-order valence-corrected chi connectivity index (χ2v) is 5.78. The van der Waals surface area contributed by atoms with Crippen LogP contribution in [0.15, 0.2) is 54.6 Å². The van der Waals surface area contributed by atoms with Crippen molar-refractivity contribution >= 4 is 23.2 Å². The number of fused-ring (bicyclic) bond motifs is 1. The van der Waals surface area contributed by atoms with E-state index in [0.717, 1.165) is 9.95 Å². The number of carbonyl (C=O) groups excluding carboxylic acids is 1. The Hall–Kier alpha value is -3.28. The number of benzene rings is 2. The Morgan fingerprint density at radius 2 is 1.60 bits per heavy atom. The van der Waals surface area contributed by atoms with Crippen molar-refractivity contribution in [2.45, 2.75) is 19.8 Å². The molecule has 1 aromatic heterocycles. The van der Waals surface area contributed by atoms with Gasteiger partial charge in [0.15, 0.2) is 0 Å². The normalized spacial score (nSPS) is 10.8. The summed E-state index contributed by atoms with van der Waals surface area (Å²) in [6.07, 6.45) is -2.22. The van der Waals surface area contributed by atoms with Gasteiger partial charge in [0.2, 0.25) is 5.88 Å². The summed E-state index contributed by atoms with van der Waals surface area (Å²) in [7, 11) is 0. The molecule has 0 fully saturated rings. The van der Waals surface area contributed by atoms with Gasteiger partial charge in [-0.3, -0.25) is 0 Å². The number of hydrogen-bond donors (Lipinski definition) is 1. The lowest BCUT2D eigenvalue weighted by atomic mass is 10.0. The van der Waals surface area contributed by atoms with E-state index in [4.69, 9.17) is 9.47 Å². The molecular weight excluding hydrogens is 322 g/mol. The molecule has 6 heteroatoms. The molecule has 3 aromatic rings. The molecule has 0 saturated heterocycles. The number of para-hydroxylation sites is 2. The second-order valence-electron chi connectivity index (χ2n) is 5.78. The highest BCUT2D eigenvalue weighted by atomic mass is 16.7. The lowest BCUT2D eigenvalue weighted by Crippen LogP contribution is -2.19. The molecule has 6 nitrogen and oxygen atoms in total. The zero-order chi connectivity index (χ0) is 18.0. The summed E-state index contributed by atoms with van der Waals surface area (Å²) in [6.45, 7) is 3.81. The first-order valence-corrected chi connectivity index (χ1v) is 7.80. The Balaban J connectivity index is 2.05. The van der Waals surface area contributed by atoms with Crippen LogP contribution in [0.5, 0.6) is 11.6 Å². The van der Waals surface area contributed by atoms with Crippen molar-refractivity contribution in [3.63, 3.8) is 0 Å². The third kappa shape index (κ3) is 3.19. The van der Waals surface area contributed by atoms with Crippen LogP contribution in [0.3, 0.4) is 0 Å². The van der Waals surface area contributed by atoms with Crippen molar-refractivity contribution in [1.82, 2.24) is 4.57 Å². The Bertz CT molecular complexity index is 928. The highest BCUT2D eigenvalue weighted by Crippen LogP contribution is 2.37. The van der Waals surface area contributed by atoms with E-state index in [1.165, 1.54) is 0 Å². The van der Waals surface area contributed by atoms with Crippen molar-refractivity contribution in [3.05, 3.63) is 60.2 Å². The molecule has 2 aromatic carbocycles. The van der Waals surface area contributed by atoms with Gasteiger partial charge in [0, 0.05) is 10.9 Å². The van der Waals surface area contributed by atoms with E-state index in [9.17, 15) is 14.7 Å². The quantitative estimate of drug-likeness (QED) is 0.544. The van der Waals surface area contributed by atoms with Gasteiger partial charge in [-0.15, -0.1) is 0 Å². The lowest BCUT2D eigenvalue weighted by Gasteiger charge is -2.11. The first-order chi connectivity index (χ1) is 12.0. The van der Waals surface area contributed by atoms with Gasteiger partial charge in [-0.05, 0) is 24.1 Å². The summed E-state index contributed by atoms with van der Waals surface area (Å²) in [4.78, 5) is 23.9. The topological polar surface area (TPSA) is 77.8 Å². The standard InChI is InChI=1S/C19H17NO5/c1-12(2)16-14-10-6-7-11-15(14)20(18(21)22)17(16)25-19(23)24-13-8-4-3-5-9-13/h3-12H,1-2H3,(H,21,22). The average molecular weight is 339 g/mol. The molecule has 0 aliphatic carbocycles. The molecular formula is C19H17NO5. The molecule has 0 radical (unpaired) electrons. The number of ether oxygens (including phenoxy) is 2. The predicted octanol–water partition coefficient (Wildman–Crippen LogP) is 4.87. The fourth-order valence-electron chi connectivity index (χ4n) is 2.77. The SMILES string of the molecule is CC(C)c1c(OC(=O)Oc2ccccc2)n(C(=O)O)c2ccccc12. The van der Waals surface area contributed by atoms with Crippen molar-refractivity contribution in [1.29, 1.82) is 0 Å². The van der Waals surface area contributed by atoms with Gasteiger partial charge in [0.05, 0.1) is 5.52 Å². The minimum absolute atomic E-state index is 0.0374. The van der Waals surface area contributed by atoms with Crippen LogP contribution in [-0.4, -0.2) is 21.9 Å². The van der Waals surface area contributed by atoms with E-state index in [1.54, 1.807) is 48.5 Å². The van der Waals surface area contributed by atoms with Crippen molar-refractivity contribution in [2.24, 2.45) is 0 Å². The number of rotatable bonds is 3. The molecule has 0 aliphatic heterocycles. The van der Waals surface area contributed by atoms with Gasteiger partial charge in [-0.25, -0.2) is 14.2 Å². The van der Waals surface area contributed by atoms with Gasteiger partial charge in [0.1, 0.15) is 5.75 Å². The Labute approximate surface area is 144 Å². The minimum Gasteiger partial charge on any atom is -0.464 e. The van der Waals surface area contributed by atoms with Crippen LogP contribution in [0.2, 0.25) is 0 Å². The summed E-state index contributed by atoms with van der Waals surface area (Å²) >= 11 is 0. The van der Waals surface area contributed by atoms with E-state index in [2.05, 4.69) is 0 Å². The lowest BCUT2D eigenvalue weighted by molar-refractivity contribution is 0.146. The molecule has 0 saturated carbocycles. The summed E-state index contributed by atoms with van der Waals surface area (Å²) in [5, 5.41) is 10.3. The fraction of sp³-hybridized carbons (Fsp3) is 0.158. The number of hydrogen-bond acceptors (Lipinski definition) is 4. The van der Waals surface area contributed by atoms with E-state index in [1.807, 2.05) is 19.9 Å². The molecule has 1 N–H and O–H groups in total. The molecule has 0 amide bonds. The highest BCUT2D eigenvalue weighted by Gasteiger charge is 2.26. The van der Waals surface area contributed by atoms with E-state index in [-0.39, 0.29) is 11.8 Å². The van der Waals surface area contributed by atoms with Crippen molar-refractivity contribution in [3.8, 4) is 11.6 Å². The number of carboxylic acid groups (broad SMARTS) is 1. The van der Waals surface area contributed by atoms with Crippen LogP contribution in [0.1, 0.15) is 25.3 Å². The monoisotopic (exact) mass is 339 g/mol. The van der Waals surface area contributed by atoms with Gasteiger partial charge in [-0.2, -0.15) is 0 Å². The van der Waals surface area contributed by atoms with Crippen LogP contribution in [0.25, 0.3) is 10.9 Å². The largest absolute Gasteiger partial charge is 0.520 e. The van der Waals surface area contributed by atoms with E-state index >= 15 is 0 Å². The highest BCUT2D eigenvalue weighted by molar-refractivity contribution is 5.95. The van der Waals surface area contributed by atoms with E-state index in [0.29, 0.717) is 16.8 Å². The van der Waals surface area contributed by atoms with Crippen LogP contribution < -0.4 is 9.47 Å². The maximum absolute atomic E-state index is 12.2. The van der Waals surface area contributed by atoms with Crippen LogP contribution >= 0.6 is 0 Å². The van der Waals surface area contributed by atoms with Gasteiger partial charge >= 0.3 is 12.2 Å². The summed E-state index contributed by atoms with van der Waals surface area (Å²) in [5.41, 5.74) is 1.10. The van der Waals surface area contributed by atoms with Crippen LogP contribution in [0, 0.1) is 0 Å². The summed E-state index contributed by atoms with van der Waals surface area (Å²) in [5.74, 6) is 0.228. The average Bonchev–Trinajstić information content (AvgIpc) is 2.89. The minimum atomic E-state index is -1.23. The Morgan fingerprint density at radius 1 is 0.960 bits per heavy atom. The maximum atomic E-state index is 12.2. The van der Waals surface area contributed by atoms with Gasteiger partial charge in [-0.1, -0.05) is 50.2 Å². The molecule has 0 atom stereocenters. The molecule has 25 heavy (non-hydrogen) atoms. The maximum Gasteiger partial charge on any atom is 0.520 e. The van der Waals surface area contributed by atoms with E-state index < -0.39 is 12.2 Å². The third-order valence-electron chi connectivity index (χ3n) is 3.76. The smallest absolute Gasteiger partial charge is 0.464 e. The number of aromatic nitrogens is 1. The Kier molecular flexibility index (Phi) is 4.43. The van der Waals surface area contributed by atoms with Crippen LogP contribution in [-0.2, 0) is 0 Å². The molecule has 1 heterocycles. The zero-order valence-corrected chi connectivity index (χ0v) is 13.8. The molecule has 0 spiro atoms. The molecule has 0 bridgehead atoms. The van der Waals surface area contributed by atoms with Crippen molar-refractivity contribution < 1.29 is 24.2 Å². The molecule has 0 aliphatic rings. The zero-order valence-electron chi connectivity index (χ0n) is 13.8. The van der Waals surface area contributed by atoms with Gasteiger partial charge in [0.25, 0.3) is 0 Å². The second kappa shape index (κ2) is 6.68.